The number of esters is 1. The SMILES string of the molecule is C/C(Nc1ccc([N+](=O)[O-])cc1)=C1/CCOC1=O. The van der Waals surface area contributed by atoms with E-state index in [2.05, 4.69) is 5.32 Å². The first-order chi connectivity index (χ1) is 8.58. The van der Waals surface area contributed by atoms with Crippen LogP contribution in [0, 0.1) is 10.1 Å². The van der Waals surface area contributed by atoms with E-state index in [1.807, 2.05) is 0 Å². The molecule has 6 heteroatoms. The molecule has 0 bridgehead atoms. The molecule has 1 aromatic rings. The number of cyclic esters (lactones) is 1. The molecule has 0 aromatic heterocycles. The van der Waals surface area contributed by atoms with Gasteiger partial charge in [0.2, 0.25) is 0 Å². The second-order valence-corrected chi connectivity index (χ2v) is 3.92. The van der Waals surface area contributed by atoms with Gasteiger partial charge < -0.3 is 10.1 Å². The van der Waals surface area contributed by atoms with Crippen molar-refractivity contribution in [3.63, 3.8) is 0 Å². The number of hydrogen-bond donors (Lipinski definition) is 1. The van der Waals surface area contributed by atoms with E-state index >= 15 is 0 Å². The molecule has 1 saturated heterocycles. The highest BCUT2D eigenvalue weighted by Crippen LogP contribution is 2.21. The van der Waals surface area contributed by atoms with E-state index in [-0.39, 0.29) is 11.7 Å². The minimum absolute atomic E-state index is 0.0335. The van der Waals surface area contributed by atoms with Crippen molar-refractivity contribution >= 4 is 17.3 Å². The molecule has 0 saturated carbocycles. The van der Waals surface area contributed by atoms with Gasteiger partial charge in [0, 0.05) is 29.9 Å². The predicted molar refractivity (Wildman–Crippen MR) is 65.0 cm³/mol. The smallest absolute Gasteiger partial charge is 0.335 e. The molecule has 0 aliphatic carbocycles. The Morgan fingerprint density at radius 2 is 2.06 bits per heavy atom. The summed E-state index contributed by atoms with van der Waals surface area (Å²) in [5, 5.41) is 13.5. The van der Waals surface area contributed by atoms with Crippen LogP contribution < -0.4 is 5.32 Å². The molecular formula is C12H12N2O4. The van der Waals surface area contributed by atoms with Crippen LogP contribution in [-0.4, -0.2) is 17.5 Å². The van der Waals surface area contributed by atoms with Gasteiger partial charge in [-0.05, 0) is 19.1 Å². The van der Waals surface area contributed by atoms with Gasteiger partial charge in [-0.1, -0.05) is 0 Å². The molecule has 1 heterocycles. The Bertz CT molecular complexity index is 519. The fourth-order valence-corrected chi connectivity index (χ4v) is 1.73. The van der Waals surface area contributed by atoms with E-state index < -0.39 is 4.92 Å². The van der Waals surface area contributed by atoms with Crippen molar-refractivity contribution < 1.29 is 14.5 Å². The normalized spacial score (nSPS) is 17.3. The molecule has 0 atom stereocenters. The predicted octanol–water partition coefficient (Wildman–Crippen LogP) is 2.23. The monoisotopic (exact) mass is 248 g/mol. The third kappa shape index (κ3) is 2.48. The number of allylic oxidation sites excluding steroid dienone is 1. The average Bonchev–Trinajstić information content (AvgIpc) is 2.76. The first-order valence-electron chi connectivity index (χ1n) is 5.46. The number of carbonyl (C=O) groups excluding carboxylic acids is 1. The molecular weight excluding hydrogens is 236 g/mol. The first-order valence-corrected chi connectivity index (χ1v) is 5.46. The van der Waals surface area contributed by atoms with Crippen molar-refractivity contribution in [3.8, 4) is 0 Å². The Balaban J connectivity index is 2.14. The van der Waals surface area contributed by atoms with Gasteiger partial charge in [0.25, 0.3) is 5.69 Å². The highest BCUT2D eigenvalue weighted by Gasteiger charge is 2.21. The number of ether oxygens (including phenoxy) is 1. The molecule has 0 spiro atoms. The van der Waals surface area contributed by atoms with E-state index in [9.17, 15) is 14.9 Å². The fourth-order valence-electron chi connectivity index (χ4n) is 1.73. The summed E-state index contributed by atoms with van der Waals surface area (Å²) in [7, 11) is 0. The maximum Gasteiger partial charge on any atom is 0.335 e. The summed E-state index contributed by atoms with van der Waals surface area (Å²) in [5.41, 5.74) is 2.07. The van der Waals surface area contributed by atoms with Gasteiger partial charge in [0.1, 0.15) is 0 Å². The first kappa shape index (κ1) is 12.1. The zero-order valence-electron chi connectivity index (χ0n) is 9.80. The molecule has 1 N–H and O–H groups in total. The zero-order chi connectivity index (χ0) is 13.1. The van der Waals surface area contributed by atoms with Crippen molar-refractivity contribution in [2.24, 2.45) is 0 Å². The van der Waals surface area contributed by atoms with Gasteiger partial charge >= 0.3 is 5.97 Å². The van der Waals surface area contributed by atoms with E-state index in [1.54, 1.807) is 19.1 Å². The van der Waals surface area contributed by atoms with Gasteiger partial charge in [-0.2, -0.15) is 0 Å². The van der Waals surface area contributed by atoms with Crippen LogP contribution in [0.15, 0.2) is 35.5 Å². The summed E-state index contributed by atoms with van der Waals surface area (Å²) in [4.78, 5) is 21.4. The zero-order valence-corrected chi connectivity index (χ0v) is 9.80. The van der Waals surface area contributed by atoms with Gasteiger partial charge in [0.15, 0.2) is 0 Å². The number of nitrogens with one attached hydrogen (secondary N) is 1. The minimum atomic E-state index is -0.455. The molecule has 18 heavy (non-hydrogen) atoms. The number of nitro groups is 1. The summed E-state index contributed by atoms with van der Waals surface area (Å²) >= 11 is 0. The Morgan fingerprint density at radius 3 is 2.56 bits per heavy atom. The number of nitro benzene ring substituents is 1. The summed E-state index contributed by atoms with van der Waals surface area (Å²) in [5.74, 6) is -0.304. The van der Waals surface area contributed by atoms with Crippen LogP contribution in [0.4, 0.5) is 11.4 Å². The van der Waals surface area contributed by atoms with Crippen LogP contribution in [0.2, 0.25) is 0 Å². The minimum Gasteiger partial charge on any atom is -0.462 e. The maximum atomic E-state index is 11.3. The lowest BCUT2D eigenvalue weighted by Gasteiger charge is -2.07. The van der Waals surface area contributed by atoms with Gasteiger partial charge in [-0.3, -0.25) is 10.1 Å². The van der Waals surface area contributed by atoms with Crippen LogP contribution in [0.5, 0.6) is 0 Å². The molecule has 0 amide bonds. The lowest BCUT2D eigenvalue weighted by molar-refractivity contribution is -0.384. The molecule has 6 nitrogen and oxygen atoms in total. The number of rotatable bonds is 3. The molecule has 94 valence electrons. The molecule has 1 aliphatic heterocycles. The average molecular weight is 248 g/mol. The maximum absolute atomic E-state index is 11.3. The number of benzene rings is 1. The van der Waals surface area contributed by atoms with Crippen LogP contribution in [-0.2, 0) is 9.53 Å². The van der Waals surface area contributed by atoms with Crippen molar-refractivity contribution in [1.82, 2.24) is 0 Å². The lowest BCUT2D eigenvalue weighted by Crippen LogP contribution is -2.04. The second-order valence-electron chi connectivity index (χ2n) is 3.92. The number of hydrogen-bond acceptors (Lipinski definition) is 5. The Hall–Kier alpha value is -2.37. The molecule has 1 aliphatic rings. The summed E-state index contributed by atoms with van der Waals surface area (Å²) < 4.78 is 4.85. The summed E-state index contributed by atoms with van der Waals surface area (Å²) in [6, 6.07) is 6.02. The highest BCUT2D eigenvalue weighted by molar-refractivity contribution is 5.91. The lowest BCUT2D eigenvalue weighted by atomic mass is 10.2. The standard InChI is InChI=1S/C12H12N2O4/c1-8(11-6-7-18-12(11)15)13-9-2-4-10(5-3-9)14(16)17/h2-5,13H,6-7H2,1H3/b11-8+. The quantitative estimate of drug-likeness (QED) is 0.384. The van der Waals surface area contributed by atoms with Crippen molar-refractivity contribution in [2.75, 3.05) is 11.9 Å². The molecule has 2 rings (SSSR count). The van der Waals surface area contributed by atoms with Gasteiger partial charge in [0.05, 0.1) is 17.1 Å². The molecule has 0 unspecified atom stereocenters. The van der Waals surface area contributed by atoms with Crippen LogP contribution in [0.25, 0.3) is 0 Å². The van der Waals surface area contributed by atoms with Crippen molar-refractivity contribution in [1.29, 1.82) is 0 Å². The molecule has 1 aromatic carbocycles. The van der Waals surface area contributed by atoms with Gasteiger partial charge in [-0.15, -0.1) is 0 Å². The van der Waals surface area contributed by atoms with Crippen molar-refractivity contribution in [3.05, 3.63) is 45.6 Å². The third-order valence-electron chi connectivity index (χ3n) is 2.69. The topological polar surface area (TPSA) is 81.5 Å². The largest absolute Gasteiger partial charge is 0.462 e. The fraction of sp³-hybridized carbons (Fsp3) is 0.250. The molecule has 0 radical (unpaired) electrons. The highest BCUT2D eigenvalue weighted by atomic mass is 16.6. The third-order valence-corrected chi connectivity index (χ3v) is 2.69. The Labute approximate surface area is 103 Å². The Kier molecular flexibility index (Phi) is 3.27. The van der Waals surface area contributed by atoms with E-state index in [0.717, 1.165) is 0 Å². The van der Waals surface area contributed by atoms with E-state index in [4.69, 9.17) is 4.74 Å². The Morgan fingerprint density at radius 1 is 1.39 bits per heavy atom. The van der Waals surface area contributed by atoms with E-state index in [1.165, 1.54) is 12.1 Å². The number of carbonyl (C=O) groups is 1. The van der Waals surface area contributed by atoms with E-state index in [0.29, 0.717) is 30.0 Å². The number of nitrogens with zero attached hydrogens (tertiary/aromatic N) is 1. The summed E-state index contributed by atoms with van der Waals surface area (Å²) in [6.07, 6.45) is 0.588. The second kappa shape index (κ2) is 4.87. The van der Waals surface area contributed by atoms with Gasteiger partial charge in [-0.25, -0.2) is 4.79 Å². The van der Waals surface area contributed by atoms with Crippen LogP contribution in [0.3, 0.4) is 0 Å². The number of anilines is 1. The summed E-state index contributed by atoms with van der Waals surface area (Å²) in [6.45, 7) is 2.19. The van der Waals surface area contributed by atoms with Crippen LogP contribution in [0.1, 0.15) is 13.3 Å². The molecule has 1 fully saturated rings. The number of non-ortho nitro benzene ring substituents is 1. The van der Waals surface area contributed by atoms with Crippen LogP contribution >= 0.6 is 0 Å². The van der Waals surface area contributed by atoms with Crippen molar-refractivity contribution in [2.45, 2.75) is 13.3 Å².